The van der Waals surface area contributed by atoms with Gasteiger partial charge >= 0.3 is 7.60 Å². The van der Waals surface area contributed by atoms with Crippen LogP contribution in [0.3, 0.4) is 0 Å². The van der Waals surface area contributed by atoms with Crippen molar-refractivity contribution >= 4 is 7.60 Å². The van der Waals surface area contributed by atoms with Crippen LogP contribution in [0.25, 0.3) is 0 Å². The molecule has 0 saturated carbocycles. The predicted octanol–water partition coefficient (Wildman–Crippen LogP) is 2.77. The average Bonchev–Trinajstić information content (AvgIpc) is 1.95. The molecular formula is C9H21O3P. The molecule has 0 aliphatic heterocycles. The molecule has 0 fully saturated rings. The largest absolute Gasteiger partial charge is 0.328 e. The molecule has 0 rings (SSSR count). The molecule has 0 saturated heterocycles. The maximum Gasteiger partial charge on any atom is 0.328 e. The lowest BCUT2D eigenvalue weighted by Crippen LogP contribution is -2.11. The Morgan fingerprint density at radius 2 is 1.85 bits per heavy atom. The van der Waals surface area contributed by atoms with Gasteiger partial charge in [0.15, 0.2) is 0 Å². The normalized spacial score (nSPS) is 14.9. The lowest BCUT2D eigenvalue weighted by molar-refractivity contribution is 0.340. The van der Waals surface area contributed by atoms with E-state index in [0.29, 0.717) is 18.8 Å². The van der Waals surface area contributed by atoms with Crippen LogP contribution in [-0.4, -0.2) is 15.4 Å². The summed E-state index contributed by atoms with van der Waals surface area (Å²) in [5.74, 6) is 0.356. The van der Waals surface area contributed by atoms with Crippen LogP contribution in [0, 0.1) is 5.92 Å². The quantitative estimate of drug-likeness (QED) is 0.660. The van der Waals surface area contributed by atoms with Crippen molar-refractivity contribution in [2.24, 2.45) is 5.92 Å². The van der Waals surface area contributed by atoms with Crippen molar-refractivity contribution in [3.8, 4) is 0 Å². The minimum absolute atomic E-state index is 0.356. The molecule has 1 unspecified atom stereocenters. The minimum Gasteiger partial charge on any atom is -0.324 e. The molecule has 0 bridgehead atoms. The molecule has 0 radical (unpaired) electrons. The van der Waals surface area contributed by atoms with E-state index in [2.05, 4.69) is 0 Å². The van der Waals surface area contributed by atoms with Crippen molar-refractivity contribution in [3.05, 3.63) is 0 Å². The Bertz CT molecular complexity index is 174. The third kappa shape index (κ3) is 6.25. The van der Waals surface area contributed by atoms with Gasteiger partial charge in [0.25, 0.3) is 0 Å². The van der Waals surface area contributed by atoms with Crippen LogP contribution in [0.5, 0.6) is 0 Å². The van der Waals surface area contributed by atoms with Crippen LogP contribution in [0.4, 0.5) is 0 Å². The lowest BCUT2D eigenvalue weighted by Gasteiger charge is -2.19. The van der Waals surface area contributed by atoms with Crippen LogP contribution in [-0.2, 0) is 4.57 Å². The van der Waals surface area contributed by atoms with Crippen LogP contribution >= 0.6 is 7.60 Å². The fourth-order valence-corrected chi connectivity index (χ4v) is 2.62. The van der Waals surface area contributed by atoms with Crippen LogP contribution in [0.2, 0.25) is 0 Å². The van der Waals surface area contributed by atoms with Gasteiger partial charge in [0.1, 0.15) is 0 Å². The van der Waals surface area contributed by atoms with E-state index >= 15 is 0 Å². The summed E-state index contributed by atoms with van der Waals surface area (Å²) >= 11 is 0. The summed E-state index contributed by atoms with van der Waals surface area (Å²) in [6.45, 7) is 6.02. The molecule has 0 aromatic carbocycles. The number of hydrogen-bond acceptors (Lipinski definition) is 1. The zero-order valence-electron chi connectivity index (χ0n) is 8.73. The van der Waals surface area contributed by atoms with E-state index in [0.717, 1.165) is 12.8 Å². The number of unbranched alkanes of at least 4 members (excludes halogenated alkanes) is 1. The molecule has 0 amide bonds. The van der Waals surface area contributed by atoms with E-state index in [9.17, 15) is 4.57 Å². The standard InChI is InChI=1S/C9H21O3P/c1-4-5-6-9(7-8(2)3)13(10,11)12/h8-9H,4-7H2,1-3H3,(H2,10,11,12). The maximum atomic E-state index is 11.1. The second kappa shape index (κ2) is 5.79. The first kappa shape index (κ1) is 13.2. The topological polar surface area (TPSA) is 57.5 Å². The monoisotopic (exact) mass is 208 g/mol. The lowest BCUT2D eigenvalue weighted by atomic mass is 10.0. The van der Waals surface area contributed by atoms with Crippen molar-refractivity contribution in [1.29, 1.82) is 0 Å². The minimum atomic E-state index is -3.86. The fraction of sp³-hybridized carbons (Fsp3) is 1.00. The Hall–Kier alpha value is 0.150. The van der Waals surface area contributed by atoms with Gasteiger partial charge in [-0.1, -0.05) is 33.6 Å². The van der Waals surface area contributed by atoms with Gasteiger partial charge in [-0.3, -0.25) is 4.57 Å². The molecular weight excluding hydrogens is 187 g/mol. The SMILES string of the molecule is CCCCC(CC(C)C)P(=O)(O)O. The molecule has 3 nitrogen and oxygen atoms in total. The first-order valence-electron chi connectivity index (χ1n) is 4.93. The smallest absolute Gasteiger partial charge is 0.324 e. The Morgan fingerprint density at radius 1 is 1.31 bits per heavy atom. The fourth-order valence-electron chi connectivity index (χ4n) is 1.41. The summed E-state index contributed by atoms with van der Waals surface area (Å²) in [6, 6.07) is 0. The molecule has 0 spiro atoms. The van der Waals surface area contributed by atoms with Crippen LogP contribution in [0.15, 0.2) is 0 Å². The van der Waals surface area contributed by atoms with Crippen molar-refractivity contribution in [2.75, 3.05) is 0 Å². The average molecular weight is 208 g/mol. The summed E-state index contributed by atoms with van der Waals surface area (Å²) in [6.07, 6.45) is 3.18. The third-order valence-electron chi connectivity index (χ3n) is 2.11. The maximum absolute atomic E-state index is 11.1. The van der Waals surface area contributed by atoms with Crippen molar-refractivity contribution in [1.82, 2.24) is 0 Å². The van der Waals surface area contributed by atoms with E-state index in [1.807, 2.05) is 20.8 Å². The van der Waals surface area contributed by atoms with Crippen LogP contribution < -0.4 is 0 Å². The number of hydrogen-bond donors (Lipinski definition) is 2. The molecule has 0 aromatic rings. The molecule has 0 aromatic heterocycles. The van der Waals surface area contributed by atoms with E-state index in [1.54, 1.807) is 0 Å². The molecule has 0 heterocycles. The summed E-state index contributed by atoms with van der Waals surface area (Å²) in [5, 5.41) is 0. The highest BCUT2D eigenvalue weighted by Gasteiger charge is 2.28. The molecule has 13 heavy (non-hydrogen) atoms. The zero-order chi connectivity index (χ0) is 10.5. The van der Waals surface area contributed by atoms with Gasteiger partial charge in [0.2, 0.25) is 0 Å². The molecule has 4 heteroatoms. The van der Waals surface area contributed by atoms with Crippen molar-refractivity contribution in [3.63, 3.8) is 0 Å². The Kier molecular flexibility index (Phi) is 5.86. The Morgan fingerprint density at radius 3 is 2.15 bits per heavy atom. The van der Waals surface area contributed by atoms with Crippen LogP contribution in [0.1, 0.15) is 46.5 Å². The van der Waals surface area contributed by atoms with E-state index < -0.39 is 13.3 Å². The summed E-state index contributed by atoms with van der Waals surface area (Å²) in [4.78, 5) is 18.1. The highest BCUT2D eigenvalue weighted by atomic mass is 31.2. The second-order valence-electron chi connectivity index (χ2n) is 4.01. The van der Waals surface area contributed by atoms with Crippen molar-refractivity contribution < 1.29 is 14.4 Å². The van der Waals surface area contributed by atoms with E-state index in [4.69, 9.17) is 9.79 Å². The third-order valence-corrected chi connectivity index (χ3v) is 3.53. The highest BCUT2D eigenvalue weighted by Crippen LogP contribution is 2.46. The summed E-state index contributed by atoms with van der Waals surface area (Å²) < 4.78 is 11.1. The van der Waals surface area contributed by atoms with E-state index in [1.165, 1.54) is 0 Å². The molecule has 80 valence electrons. The first-order valence-corrected chi connectivity index (χ1v) is 6.61. The number of rotatable bonds is 6. The zero-order valence-corrected chi connectivity index (χ0v) is 9.63. The van der Waals surface area contributed by atoms with Crippen molar-refractivity contribution in [2.45, 2.75) is 52.1 Å². The van der Waals surface area contributed by atoms with Gasteiger partial charge in [-0.05, 0) is 18.8 Å². The molecule has 2 N–H and O–H groups in total. The first-order chi connectivity index (χ1) is 5.88. The summed E-state index contributed by atoms with van der Waals surface area (Å²) in [7, 11) is -3.86. The van der Waals surface area contributed by atoms with Gasteiger partial charge in [-0.15, -0.1) is 0 Å². The van der Waals surface area contributed by atoms with Gasteiger partial charge in [-0.2, -0.15) is 0 Å². The molecule has 1 atom stereocenters. The van der Waals surface area contributed by atoms with E-state index in [-0.39, 0.29) is 0 Å². The van der Waals surface area contributed by atoms with Gasteiger partial charge < -0.3 is 9.79 Å². The molecule has 0 aliphatic rings. The second-order valence-corrected chi connectivity index (χ2v) is 5.92. The van der Waals surface area contributed by atoms with Gasteiger partial charge in [0.05, 0.1) is 5.66 Å². The van der Waals surface area contributed by atoms with Gasteiger partial charge in [-0.25, -0.2) is 0 Å². The molecule has 0 aliphatic carbocycles. The Balaban J connectivity index is 4.12. The van der Waals surface area contributed by atoms with Gasteiger partial charge in [0, 0.05) is 0 Å². The Labute approximate surface area is 80.7 Å². The predicted molar refractivity (Wildman–Crippen MR) is 54.8 cm³/mol. The summed E-state index contributed by atoms with van der Waals surface area (Å²) in [5.41, 5.74) is -0.424. The highest BCUT2D eigenvalue weighted by molar-refractivity contribution is 7.52.